The van der Waals surface area contributed by atoms with Gasteiger partial charge in [-0.1, -0.05) is 28.1 Å². The van der Waals surface area contributed by atoms with Crippen molar-refractivity contribution in [2.75, 3.05) is 25.1 Å². The van der Waals surface area contributed by atoms with Gasteiger partial charge in [0.1, 0.15) is 5.69 Å². The fourth-order valence-corrected chi connectivity index (χ4v) is 1.66. The number of hydrogen-bond donors (Lipinski definition) is 1. The molecule has 0 radical (unpaired) electrons. The zero-order valence-corrected chi connectivity index (χ0v) is 11.7. The number of nitro groups is 1. The number of hydrogen-bond acceptors (Lipinski definition) is 4. The Kier molecular flexibility index (Phi) is 5.80. The molecule has 0 aliphatic rings. The van der Waals surface area contributed by atoms with Gasteiger partial charge in [0.05, 0.1) is 18.1 Å². The number of anilines is 1. The Labute approximate surface area is 114 Å². The van der Waals surface area contributed by atoms with Crippen molar-refractivity contribution in [2.24, 2.45) is 0 Å². The largest absolute Gasteiger partial charge is 0.377 e. The molecule has 0 saturated heterocycles. The van der Waals surface area contributed by atoms with Crippen LogP contribution in [0.5, 0.6) is 0 Å². The molecule has 0 spiro atoms. The fraction of sp³-hybridized carbons (Fsp3) is 0.333. The van der Waals surface area contributed by atoms with Crippen molar-refractivity contribution in [1.29, 1.82) is 0 Å². The molecular weight excluding hydrogens is 300 g/mol. The number of halogens is 1. The number of nitro benzene ring substituents is 1. The lowest BCUT2D eigenvalue weighted by Crippen LogP contribution is -2.11. The van der Waals surface area contributed by atoms with Crippen molar-refractivity contribution in [3.8, 4) is 0 Å². The molecule has 1 aromatic rings. The van der Waals surface area contributed by atoms with Gasteiger partial charge in [0.25, 0.3) is 5.69 Å². The summed E-state index contributed by atoms with van der Waals surface area (Å²) in [5.41, 5.74) is 1.48. The monoisotopic (exact) mass is 314 g/mol. The van der Waals surface area contributed by atoms with E-state index < -0.39 is 4.92 Å². The van der Waals surface area contributed by atoms with E-state index in [2.05, 4.69) is 27.8 Å². The van der Waals surface area contributed by atoms with Gasteiger partial charge in [0.15, 0.2) is 0 Å². The van der Waals surface area contributed by atoms with Gasteiger partial charge >= 0.3 is 0 Å². The van der Waals surface area contributed by atoms with Gasteiger partial charge in [-0.05, 0) is 19.1 Å². The number of nitrogens with one attached hydrogen (secondary N) is 1. The van der Waals surface area contributed by atoms with Crippen molar-refractivity contribution in [2.45, 2.75) is 6.92 Å². The maximum atomic E-state index is 10.9. The predicted octanol–water partition coefficient (Wildman–Crippen LogP) is 3.36. The smallest absolute Gasteiger partial charge is 0.293 e. The van der Waals surface area contributed by atoms with E-state index in [1.165, 1.54) is 6.07 Å². The quantitative estimate of drug-likeness (QED) is 0.363. The summed E-state index contributed by atoms with van der Waals surface area (Å²) in [6.45, 7) is 7.09. The van der Waals surface area contributed by atoms with Crippen LogP contribution >= 0.6 is 15.9 Å². The van der Waals surface area contributed by atoms with E-state index in [0.29, 0.717) is 29.9 Å². The molecule has 0 fully saturated rings. The van der Waals surface area contributed by atoms with Gasteiger partial charge in [-0.25, -0.2) is 0 Å². The molecule has 98 valence electrons. The van der Waals surface area contributed by atoms with Crippen LogP contribution in [0.15, 0.2) is 34.8 Å². The predicted molar refractivity (Wildman–Crippen MR) is 74.9 cm³/mol. The van der Waals surface area contributed by atoms with E-state index >= 15 is 0 Å². The molecule has 1 rings (SSSR count). The Morgan fingerprint density at radius 1 is 1.61 bits per heavy atom. The molecule has 0 amide bonds. The molecule has 6 heteroatoms. The third kappa shape index (κ3) is 4.85. The highest BCUT2D eigenvalue weighted by Crippen LogP contribution is 2.27. The summed E-state index contributed by atoms with van der Waals surface area (Å²) in [7, 11) is 0. The van der Waals surface area contributed by atoms with Crippen molar-refractivity contribution in [3.63, 3.8) is 0 Å². The maximum absolute atomic E-state index is 10.9. The Morgan fingerprint density at radius 2 is 2.33 bits per heavy atom. The number of nitrogens with zero attached hydrogens (tertiary/aromatic N) is 1. The standard InChI is InChI=1S/C12H15BrN2O3/c1-9(2)8-18-6-5-14-11-4-3-10(13)7-12(11)15(16)17/h3-4,7,14H,1,5-6,8H2,2H3. The summed E-state index contributed by atoms with van der Waals surface area (Å²) in [5.74, 6) is 0. The normalized spacial score (nSPS) is 10.1. The van der Waals surface area contributed by atoms with E-state index in [1.807, 2.05) is 6.92 Å². The van der Waals surface area contributed by atoms with Gasteiger partial charge in [-0.15, -0.1) is 0 Å². The Bertz CT molecular complexity index is 449. The molecule has 18 heavy (non-hydrogen) atoms. The summed E-state index contributed by atoms with van der Waals surface area (Å²) < 4.78 is 5.98. The molecule has 0 heterocycles. The summed E-state index contributed by atoms with van der Waals surface area (Å²) >= 11 is 3.21. The Balaban J connectivity index is 2.51. The van der Waals surface area contributed by atoms with Crippen molar-refractivity contribution in [1.82, 2.24) is 0 Å². The molecule has 0 aliphatic heterocycles. The highest BCUT2D eigenvalue weighted by molar-refractivity contribution is 9.10. The van der Waals surface area contributed by atoms with Crippen LogP contribution in [0.4, 0.5) is 11.4 Å². The average Bonchev–Trinajstić information content (AvgIpc) is 2.29. The van der Waals surface area contributed by atoms with Gasteiger partial charge in [-0.2, -0.15) is 0 Å². The van der Waals surface area contributed by atoms with E-state index in [9.17, 15) is 10.1 Å². The van der Waals surface area contributed by atoms with Crippen LogP contribution in [0.2, 0.25) is 0 Å². The first kappa shape index (κ1) is 14.7. The topological polar surface area (TPSA) is 64.4 Å². The second kappa shape index (κ2) is 7.13. The molecular formula is C12H15BrN2O3. The minimum atomic E-state index is -0.415. The second-order valence-corrected chi connectivity index (χ2v) is 4.77. The van der Waals surface area contributed by atoms with Crippen LogP contribution in [0.25, 0.3) is 0 Å². The van der Waals surface area contributed by atoms with Crippen LogP contribution in [0.3, 0.4) is 0 Å². The molecule has 0 unspecified atom stereocenters. The van der Waals surface area contributed by atoms with Gasteiger partial charge in [0, 0.05) is 17.1 Å². The zero-order valence-electron chi connectivity index (χ0n) is 10.1. The fourth-order valence-electron chi connectivity index (χ4n) is 1.31. The number of ether oxygens (including phenoxy) is 1. The number of rotatable bonds is 7. The minimum Gasteiger partial charge on any atom is -0.377 e. The average molecular weight is 315 g/mol. The maximum Gasteiger partial charge on any atom is 0.293 e. The summed E-state index contributed by atoms with van der Waals surface area (Å²) in [4.78, 5) is 10.4. The highest BCUT2D eigenvalue weighted by atomic mass is 79.9. The van der Waals surface area contributed by atoms with Crippen LogP contribution in [-0.2, 0) is 4.74 Å². The molecule has 1 aromatic carbocycles. The molecule has 0 bridgehead atoms. The van der Waals surface area contributed by atoms with Crippen LogP contribution < -0.4 is 5.32 Å². The second-order valence-electron chi connectivity index (χ2n) is 3.86. The minimum absolute atomic E-state index is 0.0456. The van der Waals surface area contributed by atoms with Crippen LogP contribution in [0, 0.1) is 10.1 Å². The lowest BCUT2D eigenvalue weighted by molar-refractivity contribution is -0.384. The molecule has 5 nitrogen and oxygen atoms in total. The summed E-state index contributed by atoms with van der Waals surface area (Å²) in [6.07, 6.45) is 0. The van der Waals surface area contributed by atoms with Gasteiger partial charge < -0.3 is 10.1 Å². The van der Waals surface area contributed by atoms with E-state index in [1.54, 1.807) is 12.1 Å². The van der Waals surface area contributed by atoms with Crippen molar-refractivity contribution >= 4 is 27.3 Å². The SMILES string of the molecule is C=C(C)COCCNc1ccc(Br)cc1[N+](=O)[O-]. The first-order chi connectivity index (χ1) is 8.50. The molecule has 0 aliphatic carbocycles. The van der Waals surface area contributed by atoms with E-state index in [-0.39, 0.29) is 5.69 Å². The molecule has 0 saturated carbocycles. The van der Waals surface area contributed by atoms with E-state index in [0.717, 1.165) is 5.57 Å². The summed E-state index contributed by atoms with van der Waals surface area (Å²) in [5, 5.41) is 13.8. The summed E-state index contributed by atoms with van der Waals surface area (Å²) in [6, 6.07) is 4.89. The molecule has 0 aromatic heterocycles. The molecule has 0 atom stereocenters. The lowest BCUT2D eigenvalue weighted by atomic mass is 10.2. The third-order valence-corrected chi connectivity index (χ3v) is 2.56. The zero-order chi connectivity index (χ0) is 13.5. The number of benzene rings is 1. The molecule has 1 N–H and O–H groups in total. The van der Waals surface area contributed by atoms with E-state index in [4.69, 9.17) is 4.74 Å². The lowest BCUT2D eigenvalue weighted by Gasteiger charge is -2.08. The van der Waals surface area contributed by atoms with Crippen molar-refractivity contribution < 1.29 is 9.66 Å². The van der Waals surface area contributed by atoms with Gasteiger partial charge in [0.2, 0.25) is 0 Å². The third-order valence-electron chi connectivity index (χ3n) is 2.07. The Morgan fingerprint density at radius 3 is 2.94 bits per heavy atom. The van der Waals surface area contributed by atoms with Crippen LogP contribution in [-0.4, -0.2) is 24.7 Å². The first-order valence-corrected chi connectivity index (χ1v) is 6.20. The van der Waals surface area contributed by atoms with Crippen LogP contribution in [0.1, 0.15) is 6.92 Å². The Hall–Kier alpha value is -1.40. The van der Waals surface area contributed by atoms with Crippen molar-refractivity contribution in [3.05, 3.63) is 44.9 Å². The first-order valence-electron chi connectivity index (χ1n) is 5.40. The van der Waals surface area contributed by atoms with Gasteiger partial charge in [-0.3, -0.25) is 10.1 Å². The highest BCUT2D eigenvalue weighted by Gasteiger charge is 2.13.